The van der Waals surface area contributed by atoms with E-state index < -0.39 is 0 Å². The fraction of sp³-hybridized carbons (Fsp3) is 0.591. The first-order chi connectivity index (χ1) is 13.0. The van der Waals surface area contributed by atoms with Crippen LogP contribution in [-0.4, -0.2) is 56.3 Å². The molecule has 3 aliphatic heterocycles. The predicted molar refractivity (Wildman–Crippen MR) is 104 cm³/mol. The summed E-state index contributed by atoms with van der Waals surface area (Å²) >= 11 is 0. The Morgan fingerprint density at radius 2 is 2.11 bits per heavy atom. The van der Waals surface area contributed by atoms with Crippen molar-refractivity contribution in [2.24, 2.45) is 11.8 Å². The number of benzene rings is 1. The summed E-state index contributed by atoms with van der Waals surface area (Å²) in [7, 11) is 3.92. The van der Waals surface area contributed by atoms with Crippen molar-refractivity contribution >= 4 is 11.7 Å². The van der Waals surface area contributed by atoms with Crippen LogP contribution in [0.15, 0.2) is 30.4 Å². The van der Waals surface area contributed by atoms with Crippen molar-refractivity contribution in [2.45, 2.75) is 43.9 Å². The number of carbonyl (C=O) groups is 1. The zero-order valence-corrected chi connectivity index (χ0v) is 16.5. The Morgan fingerprint density at radius 1 is 1.30 bits per heavy atom. The van der Waals surface area contributed by atoms with E-state index in [1.165, 1.54) is 18.2 Å². The molecule has 0 aromatic heterocycles. The molecule has 1 spiro atoms. The summed E-state index contributed by atoms with van der Waals surface area (Å²) in [6, 6.07) is 7.25. The first-order valence-electron chi connectivity index (χ1n) is 9.98. The second kappa shape index (κ2) is 5.74. The van der Waals surface area contributed by atoms with Crippen LogP contribution in [0.3, 0.4) is 0 Å². The van der Waals surface area contributed by atoms with E-state index in [2.05, 4.69) is 54.1 Å². The maximum absolute atomic E-state index is 11.9. The summed E-state index contributed by atoms with van der Waals surface area (Å²) in [5.41, 5.74) is 2.79. The number of ether oxygens (including phenoxy) is 2. The molecule has 0 radical (unpaired) electrons. The van der Waals surface area contributed by atoms with Crippen LogP contribution in [0.25, 0.3) is 0 Å². The van der Waals surface area contributed by atoms with E-state index in [1.54, 1.807) is 7.11 Å². The summed E-state index contributed by atoms with van der Waals surface area (Å²) in [5, 5.41) is 0. The lowest BCUT2D eigenvalue weighted by Gasteiger charge is -2.55. The van der Waals surface area contributed by atoms with Gasteiger partial charge in [0.25, 0.3) is 0 Å². The lowest BCUT2D eigenvalue weighted by atomic mass is 9.56. The lowest BCUT2D eigenvalue weighted by molar-refractivity contribution is -0.158. The summed E-state index contributed by atoms with van der Waals surface area (Å²) in [4.78, 5) is 16.9. The van der Waals surface area contributed by atoms with Crippen molar-refractivity contribution < 1.29 is 14.3 Å². The molecule has 27 heavy (non-hydrogen) atoms. The van der Waals surface area contributed by atoms with Gasteiger partial charge in [-0.1, -0.05) is 25.1 Å². The molecule has 144 valence electrons. The van der Waals surface area contributed by atoms with Gasteiger partial charge in [-0.15, -0.1) is 0 Å². The molecule has 6 unspecified atom stereocenters. The number of anilines is 1. The zero-order valence-electron chi connectivity index (χ0n) is 16.5. The number of hydrogen-bond donors (Lipinski definition) is 0. The molecule has 0 bridgehead atoms. The van der Waals surface area contributed by atoms with E-state index in [4.69, 9.17) is 9.47 Å². The normalized spacial score (nSPS) is 39.0. The summed E-state index contributed by atoms with van der Waals surface area (Å²) in [5.74, 6) is 1.22. The summed E-state index contributed by atoms with van der Waals surface area (Å²) in [6.07, 6.45) is 5.65. The largest absolute Gasteiger partial charge is 0.497 e. The molecule has 3 heterocycles. The van der Waals surface area contributed by atoms with Crippen LogP contribution in [0.2, 0.25) is 0 Å². The van der Waals surface area contributed by atoms with Crippen molar-refractivity contribution in [2.75, 3.05) is 32.1 Å². The maximum Gasteiger partial charge on any atom is 0.302 e. The number of esters is 1. The Balaban J connectivity index is 1.70. The number of nitrogens with zero attached hydrogens (tertiary/aromatic N) is 2. The van der Waals surface area contributed by atoms with Gasteiger partial charge in [-0.2, -0.15) is 0 Å². The molecule has 2 fully saturated rings. The van der Waals surface area contributed by atoms with Gasteiger partial charge < -0.3 is 14.4 Å². The zero-order chi connectivity index (χ0) is 18.9. The number of hydrogen-bond acceptors (Lipinski definition) is 5. The molecule has 6 atom stereocenters. The van der Waals surface area contributed by atoms with Gasteiger partial charge >= 0.3 is 5.97 Å². The molecule has 1 aromatic rings. The van der Waals surface area contributed by atoms with Crippen LogP contribution >= 0.6 is 0 Å². The van der Waals surface area contributed by atoms with Crippen molar-refractivity contribution in [3.05, 3.63) is 35.9 Å². The highest BCUT2D eigenvalue weighted by Gasteiger charge is 2.67. The maximum atomic E-state index is 11.9. The second-order valence-corrected chi connectivity index (χ2v) is 8.61. The molecular formula is C22H28N2O3. The molecular weight excluding hydrogens is 340 g/mol. The predicted octanol–water partition coefficient (Wildman–Crippen LogP) is 2.59. The topological polar surface area (TPSA) is 42.0 Å². The molecule has 0 N–H and O–H groups in total. The van der Waals surface area contributed by atoms with E-state index in [-0.39, 0.29) is 29.3 Å². The van der Waals surface area contributed by atoms with Crippen LogP contribution in [0.5, 0.6) is 5.75 Å². The molecule has 5 rings (SSSR count). The van der Waals surface area contributed by atoms with E-state index in [0.29, 0.717) is 12.1 Å². The van der Waals surface area contributed by atoms with Gasteiger partial charge in [0.2, 0.25) is 0 Å². The molecule has 1 aliphatic carbocycles. The number of rotatable bonds is 2. The first kappa shape index (κ1) is 17.1. The quantitative estimate of drug-likeness (QED) is 0.593. The second-order valence-electron chi connectivity index (χ2n) is 8.61. The fourth-order valence-electron chi connectivity index (χ4n) is 6.81. The average molecular weight is 368 g/mol. The van der Waals surface area contributed by atoms with E-state index in [0.717, 1.165) is 25.3 Å². The standard InChI is InChI=1S/C22H28N2O3/c1-13-19(27-14(2)25)16-6-5-10-24-11-9-22(21(16)24)17-8-7-15(26-4)12-18(17)23(3)20(13)22/h5-8,12-13,16,19-21H,9-11H2,1-4H3. The Hall–Kier alpha value is -2.01. The van der Waals surface area contributed by atoms with Gasteiger partial charge in [0.05, 0.1) is 7.11 Å². The first-order valence-corrected chi connectivity index (χ1v) is 9.98. The Morgan fingerprint density at radius 3 is 2.85 bits per heavy atom. The van der Waals surface area contributed by atoms with E-state index in [9.17, 15) is 4.79 Å². The summed E-state index contributed by atoms with van der Waals surface area (Å²) in [6.45, 7) is 5.89. The molecule has 1 saturated heterocycles. The number of likely N-dealkylation sites (N-methyl/N-ethyl adjacent to an activating group) is 1. The van der Waals surface area contributed by atoms with Crippen LogP contribution in [0, 0.1) is 11.8 Å². The Labute approximate surface area is 160 Å². The smallest absolute Gasteiger partial charge is 0.302 e. The van der Waals surface area contributed by atoms with Gasteiger partial charge in [0.1, 0.15) is 11.9 Å². The Kier molecular flexibility index (Phi) is 3.64. The Bertz CT molecular complexity index is 822. The lowest BCUT2D eigenvalue weighted by Crippen LogP contribution is -2.66. The third kappa shape index (κ3) is 2.06. The van der Waals surface area contributed by atoms with Crippen molar-refractivity contribution in [1.29, 1.82) is 0 Å². The van der Waals surface area contributed by atoms with Crippen LogP contribution in [0.1, 0.15) is 25.8 Å². The van der Waals surface area contributed by atoms with E-state index in [1.807, 2.05) is 0 Å². The molecule has 5 nitrogen and oxygen atoms in total. The third-order valence-corrected chi connectivity index (χ3v) is 7.53. The van der Waals surface area contributed by atoms with E-state index >= 15 is 0 Å². The van der Waals surface area contributed by atoms with Crippen molar-refractivity contribution in [3.8, 4) is 5.75 Å². The third-order valence-electron chi connectivity index (χ3n) is 7.53. The monoisotopic (exact) mass is 368 g/mol. The fourth-order valence-corrected chi connectivity index (χ4v) is 6.81. The summed E-state index contributed by atoms with van der Waals surface area (Å²) < 4.78 is 11.4. The van der Waals surface area contributed by atoms with Crippen LogP contribution in [0.4, 0.5) is 5.69 Å². The van der Waals surface area contributed by atoms with Crippen LogP contribution in [-0.2, 0) is 14.9 Å². The molecule has 4 aliphatic rings. The minimum atomic E-state index is -0.178. The van der Waals surface area contributed by atoms with Gasteiger partial charge in [0.15, 0.2) is 0 Å². The van der Waals surface area contributed by atoms with Gasteiger partial charge in [-0.05, 0) is 24.6 Å². The van der Waals surface area contributed by atoms with Gasteiger partial charge in [0, 0.05) is 61.6 Å². The molecule has 0 amide bonds. The number of carbonyl (C=O) groups excluding carboxylic acids is 1. The van der Waals surface area contributed by atoms with Gasteiger partial charge in [-0.3, -0.25) is 9.69 Å². The van der Waals surface area contributed by atoms with Crippen molar-refractivity contribution in [3.63, 3.8) is 0 Å². The molecule has 5 heteroatoms. The molecule has 1 saturated carbocycles. The number of methoxy groups -OCH3 is 1. The minimum absolute atomic E-state index is 0.0820. The average Bonchev–Trinajstić information content (AvgIpc) is 3.16. The van der Waals surface area contributed by atoms with Crippen LogP contribution < -0.4 is 9.64 Å². The molecule has 1 aromatic carbocycles. The highest BCUT2D eigenvalue weighted by atomic mass is 16.5. The minimum Gasteiger partial charge on any atom is -0.497 e. The highest BCUT2D eigenvalue weighted by molar-refractivity contribution is 5.69. The number of fused-ring (bicyclic) bond motifs is 1. The van der Waals surface area contributed by atoms with Gasteiger partial charge in [-0.25, -0.2) is 0 Å². The van der Waals surface area contributed by atoms with Crippen molar-refractivity contribution in [1.82, 2.24) is 4.90 Å². The highest BCUT2D eigenvalue weighted by Crippen LogP contribution is 2.61. The SMILES string of the molecule is COc1ccc2c(c1)N(C)C1C(C)C(OC(C)=O)C3C=CCN4CCC21C34.